The molecule has 4 heterocycles. The molecule has 0 aliphatic rings. The standard InChI is InChI=1S/C50H31N3O/c1-3-13-34(14-4-1)51-43-20-10-7-17-37(43)40-29-32(23-26-46(40)51)33-24-27-47-41(30-33)42-31-36(25-28-48(42)54-47)53-45-22-12-9-19-39(45)49-38-18-8-11-21-44(38)52(50(49)53)35-15-5-2-6-16-35/h1-31H. The minimum absolute atomic E-state index is 0.878. The molecule has 0 saturated heterocycles. The molecule has 8 aromatic carbocycles. The van der Waals surface area contributed by atoms with Crippen LogP contribution in [-0.2, 0) is 0 Å². The molecule has 0 radical (unpaired) electrons. The van der Waals surface area contributed by atoms with Crippen LogP contribution in [0.25, 0.3) is 105 Å². The van der Waals surface area contributed by atoms with Crippen LogP contribution in [0.3, 0.4) is 0 Å². The SMILES string of the molecule is c1ccc(-n2c3ccccc3c3cc(-c4ccc5oc6ccc(-n7c8ccccc8c8c9ccccc9n(-c9ccccc9)c87)cc6c5c4)ccc32)cc1. The van der Waals surface area contributed by atoms with Gasteiger partial charge < -0.3 is 8.98 Å². The fourth-order valence-electron chi connectivity index (χ4n) is 8.89. The molecule has 54 heavy (non-hydrogen) atoms. The number of fused-ring (bicyclic) bond motifs is 11. The van der Waals surface area contributed by atoms with Crippen LogP contribution in [0, 0.1) is 0 Å². The van der Waals surface area contributed by atoms with Gasteiger partial charge in [0.15, 0.2) is 0 Å². The van der Waals surface area contributed by atoms with E-state index in [9.17, 15) is 0 Å². The lowest BCUT2D eigenvalue weighted by atomic mass is 10.0. The second-order valence-corrected chi connectivity index (χ2v) is 14.2. The van der Waals surface area contributed by atoms with Crippen molar-refractivity contribution in [3.05, 3.63) is 188 Å². The Morgan fingerprint density at radius 1 is 0.296 bits per heavy atom. The van der Waals surface area contributed by atoms with Crippen molar-refractivity contribution in [1.82, 2.24) is 13.7 Å². The van der Waals surface area contributed by atoms with Crippen LogP contribution in [0.1, 0.15) is 0 Å². The predicted octanol–water partition coefficient (Wildman–Crippen LogP) is 13.4. The van der Waals surface area contributed by atoms with Crippen molar-refractivity contribution in [3.63, 3.8) is 0 Å². The lowest BCUT2D eigenvalue weighted by molar-refractivity contribution is 0.669. The Balaban J connectivity index is 1.08. The van der Waals surface area contributed by atoms with Crippen LogP contribution >= 0.6 is 0 Å². The largest absolute Gasteiger partial charge is 0.456 e. The Morgan fingerprint density at radius 3 is 1.43 bits per heavy atom. The molecule has 0 bridgehead atoms. The average molecular weight is 690 g/mol. The van der Waals surface area contributed by atoms with E-state index < -0.39 is 0 Å². The maximum atomic E-state index is 6.49. The number of aromatic nitrogens is 3. The molecule has 0 amide bonds. The topological polar surface area (TPSA) is 27.9 Å². The van der Waals surface area contributed by atoms with Crippen molar-refractivity contribution in [2.75, 3.05) is 0 Å². The average Bonchev–Trinajstić information content (AvgIpc) is 3.97. The summed E-state index contributed by atoms with van der Waals surface area (Å²) in [6.07, 6.45) is 0. The Hall–Kier alpha value is -7.30. The van der Waals surface area contributed by atoms with Crippen molar-refractivity contribution < 1.29 is 4.42 Å². The van der Waals surface area contributed by atoms with Gasteiger partial charge in [-0.3, -0.25) is 9.13 Å². The first-order valence-electron chi connectivity index (χ1n) is 18.4. The summed E-state index contributed by atoms with van der Waals surface area (Å²) in [5.41, 5.74) is 13.4. The first-order chi connectivity index (χ1) is 26.8. The van der Waals surface area contributed by atoms with Gasteiger partial charge in [-0.2, -0.15) is 0 Å². The van der Waals surface area contributed by atoms with E-state index in [4.69, 9.17) is 4.42 Å². The molecule has 0 unspecified atom stereocenters. The lowest BCUT2D eigenvalue weighted by Gasteiger charge is -2.13. The van der Waals surface area contributed by atoms with Crippen molar-refractivity contribution in [2.24, 2.45) is 0 Å². The van der Waals surface area contributed by atoms with Gasteiger partial charge in [0.2, 0.25) is 0 Å². The van der Waals surface area contributed by atoms with Crippen LogP contribution in [0.15, 0.2) is 192 Å². The lowest BCUT2D eigenvalue weighted by Crippen LogP contribution is -2.01. The molecule has 4 heteroatoms. The third-order valence-electron chi connectivity index (χ3n) is 11.2. The summed E-state index contributed by atoms with van der Waals surface area (Å²) >= 11 is 0. The minimum atomic E-state index is 0.878. The maximum absolute atomic E-state index is 6.49. The number of benzene rings is 8. The molecule has 0 aliphatic heterocycles. The quantitative estimate of drug-likeness (QED) is 0.181. The molecule has 0 N–H and O–H groups in total. The number of rotatable bonds is 4. The van der Waals surface area contributed by atoms with Gasteiger partial charge in [-0.1, -0.05) is 103 Å². The summed E-state index contributed by atoms with van der Waals surface area (Å²) < 4.78 is 13.7. The molecule has 0 fully saturated rings. The maximum Gasteiger partial charge on any atom is 0.135 e. The van der Waals surface area contributed by atoms with Gasteiger partial charge in [0.1, 0.15) is 16.8 Å². The highest BCUT2D eigenvalue weighted by atomic mass is 16.3. The van der Waals surface area contributed by atoms with Gasteiger partial charge in [-0.25, -0.2) is 0 Å². The Bertz CT molecular complexity index is 3430. The van der Waals surface area contributed by atoms with E-state index in [2.05, 4.69) is 202 Å². The van der Waals surface area contributed by atoms with E-state index in [1.807, 2.05) is 0 Å². The second kappa shape index (κ2) is 11.1. The van der Waals surface area contributed by atoms with Gasteiger partial charge in [0.25, 0.3) is 0 Å². The Kier molecular flexibility index (Phi) is 6.02. The molecule has 0 atom stereocenters. The number of hydrogen-bond donors (Lipinski definition) is 0. The zero-order valence-electron chi connectivity index (χ0n) is 29.1. The minimum Gasteiger partial charge on any atom is -0.456 e. The molecule has 4 aromatic heterocycles. The highest BCUT2D eigenvalue weighted by molar-refractivity contribution is 6.22. The molecule has 0 saturated carbocycles. The first kappa shape index (κ1) is 29.3. The van der Waals surface area contributed by atoms with Gasteiger partial charge in [-0.15, -0.1) is 0 Å². The first-order valence-corrected chi connectivity index (χ1v) is 18.4. The number of furan rings is 1. The Labute approximate surface area is 309 Å². The van der Waals surface area contributed by atoms with E-state index in [-0.39, 0.29) is 0 Å². The van der Waals surface area contributed by atoms with E-state index in [0.29, 0.717) is 0 Å². The van der Waals surface area contributed by atoms with Crippen LogP contribution in [0.5, 0.6) is 0 Å². The van der Waals surface area contributed by atoms with Crippen molar-refractivity contribution >= 4 is 76.6 Å². The van der Waals surface area contributed by atoms with E-state index in [1.165, 1.54) is 54.6 Å². The highest BCUT2D eigenvalue weighted by Gasteiger charge is 2.22. The third kappa shape index (κ3) is 4.08. The highest BCUT2D eigenvalue weighted by Crippen LogP contribution is 2.42. The predicted molar refractivity (Wildman–Crippen MR) is 225 cm³/mol. The third-order valence-corrected chi connectivity index (χ3v) is 11.2. The molecule has 0 aliphatic carbocycles. The molecular weight excluding hydrogens is 659 g/mol. The van der Waals surface area contributed by atoms with Gasteiger partial charge in [0, 0.05) is 54.8 Å². The van der Waals surface area contributed by atoms with Crippen LogP contribution in [-0.4, -0.2) is 13.7 Å². The van der Waals surface area contributed by atoms with Crippen LogP contribution < -0.4 is 0 Å². The van der Waals surface area contributed by atoms with Gasteiger partial charge in [0.05, 0.1) is 22.1 Å². The number of hydrogen-bond acceptors (Lipinski definition) is 1. The van der Waals surface area contributed by atoms with Gasteiger partial charge >= 0.3 is 0 Å². The normalized spacial score (nSPS) is 12.1. The molecule has 4 nitrogen and oxygen atoms in total. The van der Waals surface area contributed by atoms with Crippen molar-refractivity contribution in [1.29, 1.82) is 0 Å². The summed E-state index contributed by atoms with van der Waals surface area (Å²) in [4.78, 5) is 0. The fraction of sp³-hybridized carbons (Fsp3) is 0. The zero-order chi connectivity index (χ0) is 35.3. The van der Waals surface area contributed by atoms with E-state index >= 15 is 0 Å². The summed E-state index contributed by atoms with van der Waals surface area (Å²) in [6, 6.07) is 67.6. The number of para-hydroxylation sites is 5. The second-order valence-electron chi connectivity index (χ2n) is 14.2. The van der Waals surface area contributed by atoms with Gasteiger partial charge in [-0.05, 0) is 96.1 Å². The van der Waals surface area contributed by atoms with E-state index in [1.54, 1.807) is 0 Å². The molecule has 0 spiro atoms. The smallest absolute Gasteiger partial charge is 0.135 e. The molecular formula is C50H31N3O. The summed E-state index contributed by atoms with van der Waals surface area (Å²) in [6.45, 7) is 0. The zero-order valence-corrected chi connectivity index (χ0v) is 29.1. The van der Waals surface area contributed by atoms with E-state index in [0.717, 1.165) is 50.2 Å². The molecule has 12 rings (SSSR count). The monoisotopic (exact) mass is 689 g/mol. The number of nitrogens with zero attached hydrogens (tertiary/aromatic N) is 3. The summed E-state index contributed by atoms with van der Waals surface area (Å²) in [5.74, 6) is 0. The van der Waals surface area contributed by atoms with Crippen molar-refractivity contribution in [2.45, 2.75) is 0 Å². The molecule has 12 aromatic rings. The Morgan fingerprint density at radius 2 is 0.759 bits per heavy atom. The molecule has 252 valence electrons. The fourth-order valence-corrected chi connectivity index (χ4v) is 8.89. The van der Waals surface area contributed by atoms with Crippen LogP contribution in [0.4, 0.5) is 0 Å². The van der Waals surface area contributed by atoms with Crippen LogP contribution in [0.2, 0.25) is 0 Å². The van der Waals surface area contributed by atoms with Crippen molar-refractivity contribution in [3.8, 4) is 28.2 Å². The summed E-state index contributed by atoms with van der Waals surface area (Å²) in [5, 5.41) is 8.43. The summed E-state index contributed by atoms with van der Waals surface area (Å²) in [7, 11) is 0.